The number of carbonyl (C=O) groups is 3. The molecule has 4 atom stereocenters. The van der Waals surface area contributed by atoms with E-state index in [1.165, 1.54) is 38.4 Å². The van der Waals surface area contributed by atoms with Gasteiger partial charge in [-0.25, -0.2) is 0 Å². The maximum absolute atomic E-state index is 14.3. The van der Waals surface area contributed by atoms with Gasteiger partial charge in [-0.15, -0.1) is 22.1 Å². The van der Waals surface area contributed by atoms with Gasteiger partial charge in [-0.05, 0) is 88.5 Å². The Bertz CT molecular complexity index is 2350. The number of H-pyrrole nitrogens is 1. The molecule has 3 aromatic heterocycles. The van der Waals surface area contributed by atoms with Crippen molar-refractivity contribution in [1.29, 1.82) is 0 Å². The summed E-state index contributed by atoms with van der Waals surface area (Å²) in [5.74, 6) is -1.30. The Morgan fingerprint density at radius 3 is 2.37 bits per heavy atom. The van der Waals surface area contributed by atoms with Crippen LogP contribution in [-0.4, -0.2) is 59.5 Å². The van der Waals surface area contributed by atoms with Crippen molar-refractivity contribution in [1.82, 2.24) is 20.3 Å². The first kappa shape index (κ1) is 46.8. The Morgan fingerprint density at radius 2 is 1.68 bits per heavy atom. The van der Waals surface area contributed by atoms with Crippen molar-refractivity contribution >= 4 is 70.7 Å². The third kappa shape index (κ3) is 9.60. The molecule has 8 bridgehead atoms. The van der Waals surface area contributed by atoms with Crippen LogP contribution in [-0.2, 0) is 25.5 Å². The molecule has 1 fully saturated rings. The molecule has 2 aliphatic heterocycles. The average Bonchev–Trinajstić information content (AvgIpc) is 3.94. The van der Waals surface area contributed by atoms with Gasteiger partial charge in [-0.1, -0.05) is 107 Å². The molecule has 0 saturated carbocycles. The fraction of sp³-hybridized carbons (Fsp3) is 0.500. The third-order valence-electron chi connectivity index (χ3n) is 13.0. The fourth-order valence-electron chi connectivity index (χ4n) is 9.30. The number of aromatic amines is 1. The van der Waals surface area contributed by atoms with Gasteiger partial charge in [-0.2, -0.15) is 0 Å². The monoisotopic (exact) mass is 824 g/mol. The van der Waals surface area contributed by atoms with Gasteiger partial charge in [0.1, 0.15) is 12.5 Å². The number of allylic oxidation sites excluding steroid dienone is 3. The number of Topliss-reactive ketones (excluding diaryl/α,β-unsaturated/α-hetero) is 1. The van der Waals surface area contributed by atoms with Crippen LogP contribution in [0.15, 0.2) is 29.6 Å². The van der Waals surface area contributed by atoms with Gasteiger partial charge < -0.3 is 29.7 Å². The van der Waals surface area contributed by atoms with Gasteiger partial charge in [0.15, 0.2) is 5.78 Å². The first-order chi connectivity index (χ1) is 28.2. The minimum absolute atomic E-state index is 0. The summed E-state index contributed by atoms with van der Waals surface area (Å²) in [6, 6.07) is 0. The number of hydrogen-bond donors (Lipinski definition) is 2. The molecule has 0 unspecified atom stereocenters. The van der Waals surface area contributed by atoms with Gasteiger partial charge in [0.2, 0.25) is 0 Å². The Hall–Kier alpha value is -4.28. The minimum Gasteiger partial charge on any atom is -0.657 e. The molecule has 6 rings (SSSR count). The molecule has 10 heteroatoms. The maximum Gasteiger partial charge on any atom is 2.00 e. The van der Waals surface area contributed by atoms with E-state index in [1.54, 1.807) is 0 Å². The number of ether oxygens (including phenoxy) is 2. The second-order valence-electron chi connectivity index (χ2n) is 17.5. The molecule has 5 heterocycles. The molecule has 0 spiro atoms. The van der Waals surface area contributed by atoms with Crippen LogP contribution in [0.5, 0.6) is 0 Å². The first-order valence-electron chi connectivity index (χ1n) is 21.7. The van der Waals surface area contributed by atoms with Crippen LogP contribution in [0, 0.1) is 50.4 Å². The Morgan fingerprint density at radius 1 is 0.950 bits per heavy atom. The van der Waals surface area contributed by atoms with Crippen molar-refractivity contribution in [2.75, 3.05) is 13.7 Å². The van der Waals surface area contributed by atoms with E-state index in [0.29, 0.717) is 40.2 Å². The van der Waals surface area contributed by atoms with Gasteiger partial charge in [-0.3, -0.25) is 14.4 Å². The number of fused-ring (bicyclic) bond motifs is 7. The number of ketones is 1. The van der Waals surface area contributed by atoms with Crippen molar-refractivity contribution in [3.05, 3.63) is 96.5 Å². The summed E-state index contributed by atoms with van der Waals surface area (Å²) in [5.41, 5.74) is 11.6. The summed E-state index contributed by atoms with van der Waals surface area (Å²) in [5, 5.41) is 5.33. The summed E-state index contributed by atoms with van der Waals surface area (Å²) in [4.78, 5) is 55.1. The number of hydrogen-bond acceptors (Lipinski definition) is 6. The van der Waals surface area contributed by atoms with Gasteiger partial charge in [0, 0.05) is 52.2 Å². The van der Waals surface area contributed by atoms with E-state index in [9.17, 15) is 14.4 Å². The molecule has 3 aromatic rings. The number of carbonyl (C=O) groups excluding carboxylic acids is 3. The van der Waals surface area contributed by atoms with Gasteiger partial charge in [0.05, 0.1) is 7.11 Å². The summed E-state index contributed by atoms with van der Waals surface area (Å²) >= 11 is 0. The zero-order valence-electron chi connectivity index (χ0n) is 37.7. The van der Waals surface area contributed by atoms with Crippen LogP contribution in [0.25, 0.3) is 29.9 Å². The molecule has 1 saturated heterocycles. The van der Waals surface area contributed by atoms with Crippen molar-refractivity contribution in [3.63, 3.8) is 0 Å². The maximum atomic E-state index is 14.3. The predicted octanol–water partition coefficient (Wildman–Crippen LogP) is 8.15. The van der Waals surface area contributed by atoms with Crippen molar-refractivity contribution in [2.24, 2.45) is 29.6 Å². The normalized spacial score (nSPS) is 21.9. The topological polar surface area (TPSA) is 126 Å². The molecule has 316 valence electrons. The fourth-order valence-corrected chi connectivity index (χ4v) is 9.30. The molecule has 60 heavy (non-hydrogen) atoms. The number of nitrogens with one attached hydrogen (secondary N) is 2. The summed E-state index contributed by atoms with van der Waals surface area (Å²) < 4.78 is 11.0. The predicted molar refractivity (Wildman–Crippen MR) is 242 cm³/mol. The smallest absolute Gasteiger partial charge is 0.657 e. The van der Waals surface area contributed by atoms with E-state index in [-0.39, 0.29) is 59.7 Å². The van der Waals surface area contributed by atoms with E-state index in [4.69, 9.17) is 19.4 Å². The van der Waals surface area contributed by atoms with E-state index in [0.717, 1.165) is 81.1 Å². The molecular formula is C50H64MgN4O5. The van der Waals surface area contributed by atoms with Crippen LogP contribution < -0.4 is 26.0 Å². The van der Waals surface area contributed by atoms with Crippen molar-refractivity contribution in [2.45, 2.75) is 120 Å². The molecule has 3 aliphatic rings. The van der Waals surface area contributed by atoms with E-state index in [1.807, 2.05) is 25.2 Å². The standard InChI is InChI=1S/C50H65N4O5.Mg/c1-12-34-30(7)37-24-39-32(9)36(20-21-43(55)59-23-22-29(6)19-15-18-28(5)17-14-16-27(3)4)47(53-39)45-46(50(57)58-11)49(56)44-33(10)40(54-48(44)45)26-42-35(13-2)31(8)38(52-42)25-41(34)51-37;/h12,22,24-28,32,36,46,51H,1,13-21,23H2,2-11H3,(H2,53,54,56);/q-1;+2/p-1/b29-22+,38-25-,39-24-,42-26-;/t28-,32+,36+,46-;/m1./s1. The van der Waals surface area contributed by atoms with E-state index in [2.05, 4.69) is 84.4 Å². The summed E-state index contributed by atoms with van der Waals surface area (Å²) in [7, 11) is 1.31. The minimum atomic E-state index is -1.18. The van der Waals surface area contributed by atoms with Crippen LogP contribution in [0.3, 0.4) is 0 Å². The second-order valence-corrected chi connectivity index (χ2v) is 17.5. The number of esters is 2. The number of rotatable bonds is 16. The third-order valence-corrected chi connectivity index (χ3v) is 13.0. The van der Waals surface area contributed by atoms with E-state index >= 15 is 0 Å². The largest absolute Gasteiger partial charge is 2.00 e. The molecule has 1 aliphatic carbocycles. The van der Waals surface area contributed by atoms with E-state index < -0.39 is 11.9 Å². The molecular weight excluding hydrogens is 761 g/mol. The Balaban J connectivity index is 0.00000683. The molecule has 0 radical (unpaired) electrons. The molecule has 2 N–H and O–H groups in total. The molecule has 9 nitrogen and oxygen atoms in total. The average molecular weight is 825 g/mol. The van der Waals surface area contributed by atoms with Crippen LogP contribution in [0.2, 0.25) is 0 Å². The molecule has 0 amide bonds. The summed E-state index contributed by atoms with van der Waals surface area (Å²) in [6.07, 6.45) is 18.6. The van der Waals surface area contributed by atoms with Gasteiger partial charge in [0.25, 0.3) is 0 Å². The quantitative estimate of drug-likeness (QED) is 0.0642. The number of nitrogens with zero attached hydrogens (tertiary/aromatic N) is 2. The van der Waals surface area contributed by atoms with Crippen molar-refractivity contribution < 1.29 is 23.9 Å². The van der Waals surface area contributed by atoms with Crippen molar-refractivity contribution in [3.8, 4) is 0 Å². The Labute approximate surface area is 372 Å². The van der Waals surface area contributed by atoms with Crippen LogP contribution in [0.1, 0.15) is 154 Å². The summed E-state index contributed by atoms with van der Waals surface area (Å²) in [6.45, 7) is 23.7. The molecule has 0 aromatic carbocycles. The number of methoxy groups -OCH3 is 1. The first-order valence-corrected chi connectivity index (χ1v) is 21.7. The number of aromatic nitrogens is 3. The van der Waals surface area contributed by atoms with Crippen LogP contribution >= 0.6 is 0 Å². The Kier molecular flexibility index (Phi) is 15.6. The SMILES string of the molecule is C=Cc1c2[nH]c(c1C)/C=C1\N/C(=C3\c4[n-]c(c(C)c4C(=O)[C@@H]3C(=O)OC)/C=c3\[n-]/c(c(C)c3CC)=C\2)[C@@H](CCC(=O)OC/C=C(\C)CCC[C@H](C)CCCC(C)C)[C@@H]1C.[Mg+2]. The zero-order valence-corrected chi connectivity index (χ0v) is 39.1. The van der Waals surface area contributed by atoms with Gasteiger partial charge >= 0.3 is 35.0 Å². The second kappa shape index (κ2) is 20.1. The zero-order chi connectivity index (χ0) is 42.7. The van der Waals surface area contributed by atoms with Crippen LogP contribution in [0.4, 0.5) is 0 Å².